The largest absolute Gasteiger partial charge is 0.494 e. The fourth-order valence-corrected chi connectivity index (χ4v) is 6.80. The van der Waals surface area contributed by atoms with Gasteiger partial charge in [-0.05, 0) is 55.8 Å². The van der Waals surface area contributed by atoms with Gasteiger partial charge in [0.05, 0.1) is 16.7 Å². The van der Waals surface area contributed by atoms with Crippen molar-refractivity contribution >= 4 is 48.3 Å². The molecule has 2 N–H and O–H groups in total. The van der Waals surface area contributed by atoms with Crippen LogP contribution in [0, 0.1) is 13.8 Å². The summed E-state index contributed by atoms with van der Waals surface area (Å²) in [7, 11) is -2.07. The topological polar surface area (TPSA) is 104 Å². The van der Waals surface area contributed by atoms with Crippen LogP contribution in [-0.2, 0) is 10.0 Å². The number of aromatic nitrogens is 1. The van der Waals surface area contributed by atoms with E-state index < -0.39 is 10.0 Å². The Labute approximate surface area is 238 Å². The SMILES string of the molecule is COc1ccc(C)c2sc(N3CCN(CCNC(=O)c4cccc(NS(=O)(=O)c5ccc(C)cc5)c4)CC3)nc12. The number of fused-ring (bicyclic) bond motifs is 1. The Bertz CT molecular complexity index is 1610. The molecule has 1 amide bonds. The average Bonchev–Trinajstić information content (AvgIpc) is 3.40. The van der Waals surface area contributed by atoms with Crippen LogP contribution in [-0.4, -0.2) is 70.6 Å². The van der Waals surface area contributed by atoms with Crippen LogP contribution in [0.15, 0.2) is 65.6 Å². The molecule has 1 fully saturated rings. The van der Waals surface area contributed by atoms with Crippen molar-refractivity contribution in [2.24, 2.45) is 0 Å². The number of aryl methyl sites for hydroxylation is 2. The number of methoxy groups -OCH3 is 1. The number of carbonyl (C=O) groups excluding carboxylic acids is 1. The second-order valence-corrected chi connectivity index (χ2v) is 12.5. The lowest BCUT2D eigenvalue weighted by molar-refractivity contribution is 0.0948. The summed E-state index contributed by atoms with van der Waals surface area (Å²) in [5.74, 6) is 0.556. The number of anilines is 2. The van der Waals surface area contributed by atoms with Gasteiger partial charge in [0.25, 0.3) is 15.9 Å². The number of amides is 1. The standard InChI is InChI=1S/C29H33N5O4S2/c1-20-7-10-24(11-8-20)40(36,37)32-23-6-4-5-22(19-23)28(35)30-13-14-33-15-17-34(18-16-33)29-31-26-25(38-3)12-9-21(2)27(26)39-29/h4-12,19,32H,13-18H2,1-3H3,(H,30,35). The highest BCUT2D eigenvalue weighted by molar-refractivity contribution is 7.92. The third kappa shape index (κ3) is 6.22. The Morgan fingerprint density at radius 2 is 1.77 bits per heavy atom. The molecule has 2 heterocycles. The van der Waals surface area contributed by atoms with E-state index in [0.29, 0.717) is 17.8 Å². The van der Waals surface area contributed by atoms with Crippen LogP contribution >= 0.6 is 11.3 Å². The van der Waals surface area contributed by atoms with Gasteiger partial charge in [0.1, 0.15) is 11.3 Å². The van der Waals surface area contributed by atoms with E-state index in [1.165, 1.54) is 5.56 Å². The number of sulfonamides is 1. The first kappa shape index (κ1) is 27.9. The number of thiazole rings is 1. The van der Waals surface area contributed by atoms with Gasteiger partial charge in [0.2, 0.25) is 0 Å². The van der Waals surface area contributed by atoms with Gasteiger partial charge < -0.3 is 15.0 Å². The molecule has 9 nitrogen and oxygen atoms in total. The van der Waals surface area contributed by atoms with Gasteiger partial charge in [-0.1, -0.05) is 41.2 Å². The van der Waals surface area contributed by atoms with E-state index in [0.717, 1.165) is 59.4 Å². The first-order chi connectivity index (χ1) is 19.2. The van der Waals surface area contributed by atoms with Gasteiger partial charge >= 0.3 is 0 Å². The molecule has 0 spiro atoms. The van der Waals surface area contributed by atoms with Gasteiger partial charge in [-0.25, -0.2) is 13.4 Å². The van der Waals surface area contributed by atoms with Crippen molar-refractivity contribution in [3.63, 3.8) is 0 Å². The fraction of sp³-hybridized carbons (Fsp3) is 0.310. The lowest BCUT2D eigenvalue weighted by atomic mass is 10.2. The molecule has 0 saturated carbocycles. The third-order valence-electron chi connectivity index (χ3n) is 6.98. The molecule has 1 aromatic heterocycles. The second-order valence-electron chi connectivity index (χ2n) is 9.84. The smallest absolute Gasteiger partial charge is 0.261 e. The van der Waals surface area contributed by atoms with Crippen LogP contribution in [0.1, 0.15) is 21.5 Å². The molecule has 0 atom stereocenters. The van der Waals surface area contributed by atoms with E-state index in [1.807, 2.05) is 13.0 Å². The minimum absolute atomic E-state index is 0.172. The zero-order chi connectivity index (χ0) is 28.3. The van der Waals surface area contributed by atoms with E-state index in [-0.39, 0.29) is 10.8 Å². The highest BCUT2D eigenvalue weighted by Crippen LogP contribution is 2.36. The normalized spacial score (nSPS) is 14.3. The van der Waals surface area contributed by atoms with E-state index in [9.17, 15) is 13.2 Å². The Kier molecular flexibility index (Phi) is 8.24. The van der Waals surface area contributed by atoms with Gasteiger partial charge in [0.15, 0.2) is 5.13 Å². The summed E-state index contributed by atoms with van der Waals surface area (Å²) in [6.45, 7) is 8.68. The van der Waals surface area contributed by atoms with Crippen molar-refractivity contribution in [3.05, 3.63) is 77.4 Å². The summed E-state index contributed by atoms with van der Waals surface area (Å²) < 4.78 is 34.6. The summed E-state index contributed by atoms with van der Waals surface area (Å²) in [5.41, 5.74) is 3.83. The predicted molar refractivity (Wildman–Crippen MR) is 160 cm³/mol. The third-order valence-corrected chi connectivity index (χ3v) is 9.63. The second kappa shape index (κ2) is 11.8. The van der Waals surface area contributed by atoms with Crippen LogP contribution in [0.5, 0.6) is 5.75 Å². The summed E-state index contributed by atoms with van der Waals surface area (Å²) in [6.07, 6.45) is 0. The first-order valence-corrected chi connectivity index (χ1v) is 15.4. The molecular weight excluding hydrogens is 546 g/mol. The molecule has 0 unspecified atom stereocenters. The van der Waals surface area contributed by atoms with E-state index in [1.54, 1.807) is 67.0 Å². The Hall–Kier alpha value is -3.67. The number of piperazine rings is 1. The average molecular weight is 580 g/mol. The number of rotatable bonds is 9. The molecule has 3 aromatic carbocycles. The Balaban J connectivity index is 1.11. The minimum atomic E-state index is -3.74. The van der Waals surface area contributed by atoms with Gasteiger partial charge in [0, 0.05) is 50.5 Å². The number of nitrogens with zero attached hydrogens (tertiary/aromatic N) is 3. The van der Waals surface area contributed by atoms with Crippen LogP contribution in [0.25, 0.3) is 10.2 Å². The maximum absolute atomic E-state index is 12.8. The number of hydrogen-bond acceptors (Lipinski definition) is 8. The van der Waals surface area contributed by atoms with Gasteiger partial charge in [-0.3, -0.25) is 14.4 Å². The van der Waals surface area contributed by atoms with Crippen LogP contribution in [0.3, 0.4) is 0 Å². The summed E-state index contributed by atoms with van der Waals surface area (Å²) >= 11 is 1.70. The van der Waals surface area contributed by atoms with Crippen molar-refractivity contribution in [1.82, 2.24) is 15.2 Å². The fourth-order valence-electron chi connectivity index (χ4n) is 4.65. The zero-order valence-electron chi connectivity index (χ0n) is 22.8. The molecule has 0 aliphatic carbocycles. The van der Waals surface area contributed by atoms with Crippen molar-refractivity contribution in [1.29, 1.82) is 0 Å². The van der Waals surface area contributed by atoms with Crippen molar-refractivity contribution in [3.8, 4) is 5.75 Å². The number of carbonyl (C=O) groups is 1. The molecule has 1 saturated heterocycles. The molecule has 0 bridgehead atoms. The molecule has 5 rings (SSSR count). The maximum Gasteiger partial charge on any atom is 0.261 e. The quantitative estimate of drug-likeness (QED) is 0.305. The zero-order valence-corrected chi connectivity index (χ0v) is 24.4. The molecule has 40 heavy (non-hydrogen) atoms. The molecule has 1 aliphatic heterocycles. The van der Waals surface area contributed by atoms with E-state index >= 15 is 0 Å². The maximum atomic E-state index is 12.8. The first-order valence-electron chi connectivity index (χ1n) is 13.1. The molecular formula is C29H33N5O4S2. The van der Waals surface area contributed by atoms with Crippen molar-refractivity contribution < 1.29 is 17.9 Å². The highest BCUT2D eigenvalue weighted by atomic mass is 32.2. The van der Waals surface area contributed by atoms with Gasteiger partial charge in [-0.2, -0.15) is 0 Å². The van der Waals surface area contributed by atoms with Crippen LogP contribution in [0.2, 0.25) is 0 Å². The molecule has 210 valence electrons. The lowest BCUT2D eigenvalue weighted by Gasteiger charge is -2.34. The highest BCUT2D eigenvalue weighted by Gasteiger charge is 2.21. The number of benzene rings is 3. The summed E-state index contributed by atoms with van der Waals surface area (Å²) in [6, 6.07) is 17.2. The van der Waals surface area contributed by atoms with E-state index in [4.69, 9.17) is 9.72 Å². The van der Waals surface area contributed by atoms with E-state index in [2.05, 4.69) is 32.8 Å². The minimum Gasteiger partial charge on any atom is -0.494 e. The molecule has 11 heteroatoms. The Morgan fingerprint density at radius 3 is 2.50 bits per heavy atom. The number of ether oxygens (including phenoxy) is 1. The van der Waals surface area contributed by atoms with Crippen LogP contribution in [0.4, 0.5) is 10.8 Å². The lowest BCUT2D eigenvalue weighted by Crippen LogP contribution is -2.48. The molecule has 1 aliphatic rings. The van der Waals surface area contributed by atoms with Crippen LogP contribution < -0.4 is 19.7 Å². The number of nitrogens with one attached hydrogen (secondary N) is 2. The van der Waals surface area contributed by atoms with Gasteiger partial charge in [-0.15, -0.1) is 0 Å². The summed E-state index contributed by atoms with van der Waals surface area (Å²) in [4.78, 5) is 22.4. The Morgan fingerprint density at radius 1 is 1.02 bits per heavy atom. The van der Waals surface area contributed by atoms with Crippen molar-refractivity contribution in [2.45, 2.75) is 18.7 Å². The summed E-state index contributed by atoms with van der Waals surface area (Å²) in [5, 5.41) is 3.97. The number of hydrogen-bond donors (Lipinski definition) is 2. The van der Waals surface area contributed by atoms with Crippen molar-refractivity contribution in [2.75, 3.05) is 56.0 Å². The predicted octanol–water partition coefficient (Wildman–Crippen LogP) is 4.27. The monoisotopic (exact) mass is 579 g/mol. The molecule has 0 radical (unpaired) electrons. The molecule has 4 aromatic rings.